The molecule has 1 fully saturated rings. The summed E-state index contributed by atoms with van der Waals surface area (Å²) < 4.78 is 6.12. The summed E-state index contributed by atoms with van der Waals surface area (Å²) in [5.74, 6) is 1.91. The Hall–Kier alpha value is -1.85. The second kappa shape index (κ2) is 5.64. The topological polar surface area (TPSA) is 75.7 Å². The summed E-state index contributed by atoms with van der Waals surface area (Å²) in [5.41, 5.74) is 1.43. The van der Waals surface area contributed by atoms with E-state index in [-0.39, 0.29) is 6.10 Å². The average molecular weight is 275 g/mol. The van der Waals surface area contributed by atoms with Gasteiger partial charge in [-0.2, -0.15) is 9.97 Å². The summed E-state index contributed by atoms with van der Waals surface area (Å²) in [6.45, 7) is 5.07. The molecule has 0 amide bonds. The number of aromatic amines is 1. The summed E-state index contributed by atoms with van der Waals surface area (Å²) in [4.78, 5) is 16.1. The first kappa shape index (κ1) is 13.1. The molecule has 0 bridgehead atoms. The van der Waals surface area contributed by atoms with Gasteiger partial charge < -0.3 is 15.0 Å². The molecule has 1 aliphatic rings. The number of fused-ring (bicyclic) bond motifs is 1. The molecule has 2 atom stereocenters. The number of H-pyrrole nitrogens is 1. The number of nitrogens with one attached hydrogen (secondary N) is 2. The van der Waals surface area contributed by atoms with Gasteiger partial charge in [0, 0.05) is 6.54 Å². The van der Waals surface area contributed by atoms with Gasteiger partial charge in [-0.05, 0) is 32.1 Å². The number of aromatic nitrogens is 4. The Morgan fingerprint density at radius 3 is 3.10 bits per heavy atom. The van der Waals surface area contributed by atoms with Crippen LogP contribution in [-0.4, -0.2) is 32.6 Å². The highest BCUT2D eigenvalue weighted by Crippen LogP contribution is 2.29. The molecule has 108 valence electrons. The van der Waals surface area contributed by atoms with E-state index in [1.165, 1.54) is 12.8 Å². The van der Waals surface area contributed by atoms with Crippen LogP contribution in [0.1, 0.15) is 39.5 Å². The first-order valence-corrected chi connectivity index (χ1v) is 7.38. The van der Waals surface area contributed by atoms with Gasteiger partial charge in [-0.1, -0.05) is 13.3 Å². The van der Waals surface area contributed by atoms with Crippen molar-refractivity contribution in [2.45, 2.75) is 45.6 Å². The maximum absolute atomic E-state index is 6.12. The van der Waals surface area contributed by atoms with E-state index >= 15 is 0 Å². The molecule has 0 spiro atoms. The first-order chi connectivity index (χ1) is 9.76. The number of hydrogen-bond donors (Lipinski definition) is 2. The van der Waals surface area contributed by atoms with Crippen molar-refractivity contribution in [2.75, 3.05) is 11.9 Å². The number of anilines is 1. The average Bonchev–Trinajstić information content (AvgIpc) is 2.87. The van der Waals surface area contributed by atoms with Gasteiger partial charge in [-0.3, -0.25) is 0 Å². The van der Waals surface area contributed by atoms with Crippen LogP contribution in [0, 0.1) is 5.92 Å². The molecule has 2 aromatic rings. The second-order valence-corrected chi connectivity index (χ2v) is 5.50. The molecule has 3 rings (SSSR count). The van der Waals surface area contributed by atoms with E-state index < -0.39 is 0 Å². The zero-order valence-electron chi connectivity index (χ0n) is 12.0. The van der Waals surface area contributed by atoms with Crippen LogP contribution in [0.25, 0.3) is 11.2 Å². The number of hydrogen-bond acceptors (Lipinski definition) is 5. The van der Waals surface area contributed by atoms with E-state index in [1.54, 1.807) is 6.33 Å². The third kappa shape index (κ3) is 2.69. The number of ether oxygens (including phenoxy) is 1. The quantitative estimate of drug-likeness (QED) is 0.897. The standard InChI is InChI=1S/C14H21N5O/c1-3-15-14-18-12-11(16-8-17-12)13(19-14)20-10-6-4-5-9(2)7-10/h8-10H,3-7H2,1-2H3,(H2,15,16,17,18,19). The molecule has 2 unspecified atom stereocenters. The van der Waals surface area contributed by atoms with E-state index in [1.807, 2.05) is 6.92 Å². The molecule has 0 saturated heterocycles. The highest BCUT2D eigenvalue weighted by molar-refractivity contribution is 5.76. The molecule has 0 aliphatic heterocycles. The lowest BCUT2D eigenvalue weighted by molar-refractivity contribution is 0.125. The Morgan fingerprint density at radius 1 is 1.40 bits per heavy atom. The lowest BCUT2D eigenvalue weighted by Gasteiger charge is -2.27. The lowest BCUT2D eigenvalue weighted by Crippen LogP contribution is -2.24. The Labute approximate surface area is 118 Å². The maximum atomic E-state index is 6.12. The number of imidazole rings is 1. The molecular weight excluding hydrogens is 254 g/mol. The molecule has 1 aliphatic carbocycles. The fraction of sp³-hybridized carbons (Fsp3) is 0.643. The smallest absolute Gasteiger partial charge is 0.245 e. The van der Waals surface area contributed by atoms with Gasteiger partial charge in [-0.25, -0.2) is 4.98 Å². The van der Waals surface area contributed by atoms with Gasteiger partial charge in [0.05, 0.1) is 6.33 Å². The van der Waals surface area contributed by atoms with Crippen LogP contribution in [0.2, 0.25) is 0 Å². The van der Waals surface area contributed by atoms with Crippen molar-refractivity contribution < 1.29 is 4.74 Å². The van der Waals surface area contributed by atoms with Crippen LogP contribution in [0.15, 0.2) is 6.33 Å². The van der Waals surface area contributed by atoms with Crippen molar-refractivity contribution in [3.8, 4) is 5.88 Å². The van der Waals surface area contributed by atoms with Crippen molar-refractivity contribution in [3.05, 3.63) is 6.33 Å². The zero-order chi connectivity index (χ0) is 13.9. The summed E-state index contributed by atoms with van der Waals surface area (Å²) in [5, 5.41) is 3.12. The van der Waals surface area contributed by atoms with Crippen molar-refractivity contribution in [1.29, 1.82) is 0 Å². The van der Waals surface area contributed by atoms with E-state index in [0.29, 0.717) is 17.5 Å². The SMILES string of the molecule is CCNc1nc(OC2CCCC(C)C2)c2[nH]cnc2n1. The minimum Gasteiger partial charge on any atom is -0.473 e. The molecule has 20 heavy (non-hydrogen) atoms. The van der Waals surface area contributed by atoms with E-state index in [0.717, 1.165) is 30.8 Å². The van der Waals surface area contributed by atoms with Gasteiger partial charge in [0.15, 0.2) is 5.65 Å². The summed E-state index contributed by atoms with van der Waals surface area (Å²) in [7, 11) is 0. The van der Waals surface area contributed by atoms with Crippen LogP contribution < -0.4 is 10.1 Å². The van der Waals surface area contributed by atoms with Gasteiger partial charge in [-0.15, -0.1) is 0 Å². The van der Waals surface area contributed by atoms with Gasteiger partial charge in [0.25, 0.3) is 0 Å². The monoisotopic (exact) mass is 275 g/mol. The van der Waals surface area contributed by atoms with E-state index in [4.69, 9.17) is 4.74 Å². The minimum absolute atomic E-state index is 0.245. The molecule has 2 N–H and O–H groups in total. The number of nitrogens with zero attached hydrogens (tertiary/aromatic N) is 3. The largest absolute Gasteiger partial charge is 0.473 e. The Kier molecular flexibility index (Phi) is 3.71. The molecule has 2 heterocycles. The molecule has 0 aromatic carbocycles. The Balaban J connectivity index is 1.86. The third-order valence-electron chi connectivity index (χ3n) is 3.75. The number of rotatable bonds is 4. The maximum Gasteiger partial charge on any atom is 0.245 e. The van der Waals surface area contributed by atoms with E-state index in [2.05, 4.69) is 32.2 Å². The van der Waals surface area contributed by atoms with Crippen LogP contribution >= 0.6 is 0 Å². The lowest BCUT2D eigenvalue weighted by atomic mass is 9.89. The molecular formula is C14H21N5O. The molecule has 2 aromatic heterocycles. The fourth-order valence-corrected chi connectivity index (χ4v) is 2.77. The predicted octanol–water partition coefficient (Wildman–Crippen LogP) is 2.74. The highest BCUT2D eigenvalue weighted by atomic mass is 16.5. The van der Waals surface area contributed by atoms with E-state index in [9.17, 15) is 0 Å². The molecule has 0 radical (unpaired) electrons. The van der Waals surface area contributed by atoms with Gasteiger partial charge in [0.2, 0.25) is 11.8 Å². The van der Waals surface area contributed by atoms with Crippen molar-refractivity contribution in [1.82, 2.24) is 19.9 Å². The van der Waals surface area contributed by atoms with Crippen LogP contribution in [0.3, 0.4) is 0 Å². The summed E-state index contributed by atoms with van der Waals surface area (Å²) in [6.07, 6.45) is 6.59. The Bertz CT molecular complexity index is 582. The van der Waals surface area contributed by atoms with Crippen LogP contribution in [0.5, 0.6) is 5.88 Å². The fourth-order valence-electron chi connectivity index (χ4n) is 2.77. The second-order valence-electron chi connectivity index (χ2n) is 5.50. The van der Waals surface area contributed by atoms with Crippen molar-refractivity contribution in [3.63, 3.8) is 0 Å². The predicted molar refractivity (Wildman–Crippen MR) is 77.9 cm³/mol. The van der Waals surface area contributed by atoms with Crippen molar-refractivity contribution in [2.24, 2.45) is 5.92 Å². The zero-order valence-corrected chi connectivity index (χ0v) is 12.0. The van der Waals surface area contributed by atoms with Crippen molar-refractivity contribution >= 4 is 17.1 Å². The summed E-state index contributed by atoms with van der Waals surface area (Å²) in [6, 6.07) is 0. The molecule has 6 nitrogen and oxygen atoms in total. The summed E-state index contributed by atoms with van der Waals surface area (Å²) >= 11 is 0. The van der Waals surface area contributed by atoms with Crippen LogP contribution in [0.4, 0.5) is 5.95 Å². The first-order valence-electron chi connectivity index (χ1n) is 7.38. The van der Waals surface area contributed by atoms with Gasteiger partial charge >= 0.3 is 0 Å². The Morgan fingerprint density at radius 2 is 2.30 bits per heavy atom. The van der Waals surface area contributed by atoms with Gasteiger partial charge in [0.1, 0.15) is 11.6 Å². The molecule has 6 heteroatoms. The third-order valence-corrected chi connectivity index (χ3v) is 3.75. The van der Waals surface area contributed by atoms with Crippen LogP contribution in [-0.2, 0) is 0 Å². The normalized spacial score (nSPS) is 22.9. The molecule has 1 saturated carbocycles. The minimum atomic E-state index is 0.245. The highest BCUT2D eigenvalue weighted by Gasteiger charge is 2.22.